The van der Waals surface area contributed by atoms with Crippen molar-refractivity contribution in [2.45, 2.75) is 0 Å². The molecule has 22 heavy (non-hydrogen) atoms. The van der Waals surface area contributed by atoms with Gasteiger partial charge in [-0.3, -0.25) is 0 Å². The maximum Gasteiger partial charge on any atom is 0.0275 e. The lowest BCUT2D eigenvalue weighted by Gasteiger charge is -2.20. The summed E-state index contributed by atoms with van der Waals surface area (Å²) in [6.07, 6.45) is 9.98. The Morgan fingerprint density at radius 3 is 1.50 bits per heavy atom. The monoisotopic (exact) mass is 282 g/mol. The molecule has 2 aromatic rings. The Kier molecular flexibility index (Phi) is 2.54. The normalized spacial score (nSPS) is 31.1. The van der Waals surface area contributed by atoms with Crippen molar-refractivity contribution >= 4 is 11.1 Å². The van der Waals surface area contributed by atoms with Gasteiger partial charge in [-0.2, -0.15) is 0 Å². The predicted molar refractivity (Wildman–Crippen MR) is 91.9 cm³/mol. The van der Waals surface area contributed by atoms with E-state index < -0.39 is 0 Å². The lowest BCUT2D eigenvalue weighted by atomic mass is 9.83. The zero-order valence-electron chi connectivity index (χ0n) is 12.4. The first-order valence-corrected chi connectivity index (χ1v) is 8.14. The van der Waals surface area contributed by atoms with E-state index in [1.807, 2.05) is 0 Å². The quantitative estimate of drug-likeness (QED) is 0.663. The predicted octanol–water partition coefficient (Wildman–Crippen LogP) is 5.22. The average molecular weight is 282 g/mol. The fourth-order valence-electron chi connectivity index (χ4n) is 4.14. The molecule has 0 heteroatoms. The van der Waals surface area contributed by atoms with Crippen LogP contribution in [0.25, 0.3) is 11.1 Å². The number of hydrogen-bond acceptors (Lipinski definition) is 0. The largest absolute Gasteiger partial charge is 0.0833 e. The fraction of sp³-hybridized carbons (Fsp3) is 0.182. The Balaban J connectivity index is 1.68. The number of allylic oxidation sites excluding steroid dienone is 6. The van der Waals surface area contributed by atoms with Crippen molar-refractivity contribution in [2.24, 2.45) is 23.7 Å². The topological polar surface area (TPSA) is 0 Å². The Hall–Kier alpha value is -2.34. The molecule has 1 fully saturated rings. The second-order valence-electron chi connectivity index (χ2n) is 6.57. The van der Waals surface area contributed by atoms with Gasteiger partial charge in [-0.05, 0) is 40.0 Å². The van der Waals surface area contributed by atoms with Crippen LogP contribution in [0.2, 0.25) is 0 Å². The Bertz CT molecular complexity index is 729. The van der Waals surface area contributed by atoms with Gasteiger partial charge in [0.25, 0.3) is 0 Å². The van der Waals surface area contributed by atoms with E-state index >= 15 is 0 Å². The molecule has 2 atom stereocenters. The third kappa shape index (κ3) is 1.77. The zero-order chi connectivity index (χ0) is 14.5. The highest BCUT2D eigenvalue weighted by atomic mass is 14.5. The molecule has 0 heterocycles. The van der Waals surface area contributed by atoms with Crippen molar-refractivity contribution < 1.29 is 0 Å². The van der Waals surface area contributed by atoms with Gasteiger partial charge >= 0.3 is 0 Å². The third-order valence-corrected chi connectivity index (χ3v) is 5.35. The maximum atomic E-state index is 2.54. The summed E-state index contributed by atoms with van der Waals surface area (Å²) in [4.78, 5) is 0. The molecule has 0 unspecified atom stereocenters. The van der Waals surface area contributed by atoms with Crippen LogP contribution < -0.4 is 0 Å². The van der Waals surface area contributed by atoms with Gasteiger partial charge in [-0.1, -0.05) is 85.0 Å². The first-order chi connectivity index (χ1) is 10.9. The summed E-state index contributed by atoms with van der Waals surface area (Å²) in [7, 11) is 0. The van der Waals surface area contributed by atoms with Crippen LogP contribution >= 0.6 is 0 Å². The molecule has 0 aromatic heterocycles. The summed E-state index contributed by atoms with van der Waals surface area (Å²) in [5, 5.41) is 0. The molecule has 0 N–H and O–H groups in total. The van der Waals surface area contributed by atoms with Gasteiger partial charge in [0, 0.05) is 5.92 Å². The minimum absolute atomic E-state index is 0.393. The lowest BCUT2D eigenvalue weighted by Crippen LogP contribution is -2.03. The SMILES string of the molecule is C1=CC2[C@H]3C=C(c4ccccc4)C1C(c1ccccc1)=C[C@H]23. The van der Waals surface area contributed by atoms with E-state index in [0.29, 0.717) is 17.8 Å². The van der Waals surface area contributed by atoms with Gasteiger partial charge in [-0.25, -0.2) is 0 Å². The van der Waals surface area contributed by atoms with Crippen LogP contribution in [0.4, 0.5) is 0 Å². The summed E-state index contributed by atoms with van der Waals surface area (Å²) in [6, 6.07) is 21.8. The molecule has 2 aromatic carbocycles. The van der Waals surface area contributed by atoms with Gasteiger partial charge in [-0.15, -0.1) is 0 Å². The highest BCUT2D eigenvalue weighted by Gasteiger charge is 2.49. The van der Waals surface area contributed by atoms with E-state index in [4.69, 9.17) is 0 Å². The average Bonchev–Trinajstić information content (AvgIpc) is 3.32. The third-order valence-electron chi connectivity index (χ3n) is 5.35. The molecule has 6 rings (SSSR count). The van der Waals surface area contributed by atoms with Crippen molar-refractivity contribution in [2.75, 3.05) is 0 Å². The summed E-state index contributed by atoms with van der Waals surface area (Å²) < 4.78 is 0. The van der Waals surface area contributed by atoms with Crippen molar-refractivity contribution in [1.82, 2.24) is 0 Å². The van der Waals surface area contributed by atoms with Gasteiger partial charge in [0.05, 0.1) is 0 Å². The van der Waals surface area contributed by atoms with E-state index in [1.165, 1.54) is 22.3 Å². The number of benzene rings is 2. The summed E-state index contributed by atoms with van der Waals surface area (Å²) >= 11 is 0. The highest BCUT2D eigenvalue weighted by molar-refractivity contribution is 5.87. The second kappa shape index (κ2) is 4.58. The standard InChI is InChI=1S/C22H18/c1-3-7-15(8-4-1)19-13-21-18-12-11-17(19)20(14-22(18)21)16-9-5-2-6-10-16/h1-14,17-18,21-22H/t17?,18?,21-,22-/m1/s1. The molecular formula is C22H18. The van der Waals surface area contributed by atoms with Gasteiger partial charge in [0.15, 0.2) is 0 Å². The first kappa shape index (κ1) is 12.2. The van der Waals surface area contributed by atoms with Crippen LogP contribution in [0.5, 0.6) is 0 Å². The Labute approximate surface area is 131 Å². The van der Waals surface area contributed by atoms with Crippen LogP contribution in [0.15, 0.2) is 85.0 Å². The Morgan fingerprint density at radius 2 is 1.00 bits per heavy atom. The smallest absolute Gasteiger partial charge is 0.0275 e. The molecule has 4 aliphatic rings. The minimum Gasteiger partial charge on any atom is -0.0833 e. The minimum atomic E-state index is 0.393. The molecular weight excluding hydrogens is 264 g/mol. The van der Waals surface area contributed by atoms with Crippen LogP contribution in [0, 0.1) is 23.7 Å². The second-order valence-corrected chi connectivity index (χ2v) is 6.57. The van der Waals surface area contributed by atoms with Crippen molar-refractivity contribution in [3.63, 3.8) is 0 Å². The van der Waals surface area contributed by atoms with E-state index in [2.05, 4.69) is 85.0 Å². The highest BCUT2D eigenvalue weighted by Crippen LogP contribution is 2.58. The van der Waals surface area contributed by atoms with Crippen LogP contribution in [0.3, 0.4) is 0 Å². The van der Waals surface area contributed by atoms with Gasteiger partial charge < -0.3 is 0 Å². The van der Waals surface area contributed by atoms with Crippen LogP contribution in [-0.2, 0) is 0 Å². The van der Waals surface area contributed by atoms with Crippen molar-refractivity contribution in [3.8, 4) is 0 Å². The van der Waals surface area contributed by atoms with Crippen molar-refractivity contribution in [1.29, 1.82) is 0 Å². The van der Waals surface area contributed by atoms with E-state index in [9.17, 15) is 0 Å². The van der Waals surface area contributed by atoms with Crippen LogP contribution in [0.1, 0.15) is 11.1 Å². The van der Waals surface area contributed by atoms with Crippen LogP contribution in [-0.4, -0.2) is 0 Å². The maximum absolute atomic E-state index is 2.54. The lowest BCUT2D eigenvalue weighted by molar-refractivity contribution is 1.00. The summed E-state index contributed by atoms with van der Waals surface area (Å²) in [5.74, 6) is 2.53. The number of hydrogen-bond donors (Lipinski definition) is 0. The summed E-state index contributed by atoms with van der Waals surface area (Å²) in [5.41, 5.74) is 5.71. The molecule has 0 aliphatic heterocycles. The molecule has 106 valence electrons. The molecule has 0 amide bonds. The molecule has 0 spiro atoms. The van der Waals surface area contributed by atoms with Gasteiger partial charge in [0.1, 0.15) is 0 Å². The van der Waals surface area contributed by atoms with E-state index in [0.717, 1.165) is 5.92 Å². The van der Waals surface area contributed by atoms with Crippen molar-refractivity contribution in [3.05, 3.63) is 96.1 Å². The molecule has 4 aliphatic carbocycles. The molecule has 1 saturated carbocycles. The van der Waals surface area contributed by atoms with E-state index in [-0.39, 0.29) is 0 Å². The summed E-state index contributed by atoms with van der Waals surface area (Å²) in [6.45, 7) is 0. The first-order valence-electron chi connectivity index (χ1n) is 8.14. The molecule has 0 radical (unpaired) electrons. The van der Waals surface area contributed by atoms with E-state index in [1.54, 1.807) is 0 Å². The molecule has 4 bridgehead atoms. The zero-order valence-corrected chi connectivity index (χ0v) is 12.4. The number of rotatable bonds is 2. The fourth-order valence-corrected chi connectivity index (χ4v) is 4.14. The molecule has 0 saturated heterocycles. The molecule has 0 nitrogen and oxygen atoms in total. The Morgan fingerprint density at radius 1 is 0.500 bits per heavy atom. The van der Waals surface area contributed by atoms with Gasteiger partial charge in [0.2, 0.25) is 0 Å².